The summed E-state index contributed by atoms with van der Waals surface area (Å²) in [7, 11) is -3.75. The molecule has 2 aromatic carbocycles. The molecule has 0 fully saturated rings. The molecule has 0 saturated carbocycles. The number of imidazole rings is 1. The van der Waals surface area contributed by atoms with E-state index in [1.807, 2.05) is 20.8 Å². The van der Waals surface area contributed by atoms with Gasteiger partial charge in [-0.1, -0.05) is 17.7 Å². The van der Waals surface area contributed by atoms with E-state index >= 15 is 0 Å². The predicted molar refractivity (Wildman–Crippen MR) is 104 cm³/mol. The number of ether oxygens (including phenoxy) is 2. The molecule has 0 bridgehead atoms. The molecule has 0 saturated heterocycles. The van der Waals surface area contributed by atoms with Crippen LogP contribution in [0, 0.1) is 6.92 Å². The largest absolute Gasteiger partial charge is 0.490 e. The molecule has 0 radical (unpaired) electrons. The van der Waals surface area contributed by atoms with Gasteiger partial charge in [0.2, 0.25) is 0 Å². The molecule has 27 heavy (non-hydrogen) atoms. The smallest absolute Gasteiger partial charge is 0.269 e. The molecule has 142 valence electrons. The fraction of sp³-hybridized carbons (Fsp3) is 0.250. The number of hydrogen-bond donors (Lipinski definition) is 0. The van der Waals surface area contributed by atoms with E-state index in [0.29, 0.717) is 36.1 Å². The van der Waals surface area contributed by atoms with E-state index < -0.39 is 10.0 Å². The lowest BCUT2D eigenvalue weighted by Crippen LogP contribution is -2.13. The molecule has 1 aromatic heterocycles. The highest BCUT2D eigenvalue weighted by Gasteiger charge is 2.22. The Morgan fingerprint density at radius 3 is 2.30 bits per heavy atom. The van der Waals surface area contributed by atoms with Gasteiger partial charge in [-0.25, -0.2) is 17.4 Å². The molecule has 1 heterocycles. The maximum atomic E-state index is 13.0. The molecular formula is C20H22N2O4S. The number of benzene rings is 2. The molecular weight excluding hydrogens is 364 g/mol. The Balaban J connectivity index is 2.07. The number of hydrogen-bond acceptors (Lipinski definition) is 5. The van der Waals surface area contributed by atoms with Crippen molar-refractivity contribution in [3.8, 4) is 22.9 Å². The van der Waals surface area contributed by atoms with Crippen LogP contribution in [0.2, 0.25) is 0 Å². The van der Waals surface area contributed by atoms with Crippen LogP contribution in [-0.4, -0.2) is 30.6 Å². The second-order valence-electron chi connectivity index (χ2n) is 5.89. The van der Waals surface area contributed by atoms with Crippen LogP contribution < -0.4 is 9.47 Å². The molecule has 0 aliphatic rings. The Morgan fingerprint density at radius 2 is 1.63 bits per heavy atom. The Hall–Kier alpha value is -2.80. The molecule has 0 spiro atoms. The first-order valence-electron chi connectivity index (χ1n) is 8.73. The average Bonchev–Trinajstić information content (AvgIpc) is 3.15. The predicted octanol–water partition coefficient (Wildman–Crippen LogP) is 3.89. The molecule has 3 aromatic rings. The first-order chi connectivity index (χ1) is 13.0. The van der Waals surface area contributed by atoms with Gasteiger partial charge in [-0.3, -0.25) is 0 Å². The monoisotopic (exact) mass is 386 g/mol. The number of nitrogens with zero attached hydrogens (tertiary/aromatic N) is 2. The van der Waals surface area contributed by atoms with E-state index in [2.05, 4.69) is 4.98 Å². The van der Waals surface area contributed by atoms with Gasteiger partial charge in [-0.15, -0.1) is 0 Å². The summed E-state index contributed by atoms with van der Waals surface area (Å²) in [6.07, 6.45) is 2.92. The molecule has 7 heteroatoms. The molecule has 0 aliphatic heterocycles. The highest BCUT2D eigenvalue weighted by atomic mass is 32.2. The summed E-state index contributed by atoms with van der Waals surface area (Å²) in [5, 5.41) is 0. The van der Waals surface area contributed by atoms with Gasteiger partial charge >= 0.3 is 0 Å². The maximum absolute atomic E-state index is 13.0. The fourth-order valence-electron chi connectivity index (χ4n) is 2.70. The Bertz CT molecular complexity index is 1020. The third-order valence-electron chi connectivity index (χ3n) is 3.99. The summed E-state index contributed by atoms with van der Waals surface area (Å²) < 4.78 is 38.5. The van der Waals surface area contributed by atoms with Crippen LogP contribution in [0.4, 0.5) is 0 Å². The van der Waals surface area contributed by atoms with E-state index in [9.17, 15) is 8.42 Å². The molecule has 0 N–H and O–H groups in total. The van der Waals surface area contributed by atoms with Crippen molar-refractivity contribution in [2.24, 2.45) is 0 Å². The van der Waals surface area contributed by atoms with Crippen LogP contribution in [0.1, 0.15) is 19.4 Å². The topological polar surface area (TPSA) is 70.4 Å². The lowest BCUT2D eigenvalue weighted by molar-refractivity contribution is 0.288. The number of rotatable bonds is 7. The third-order valence-corrected chi connectivity index (χ3v) is 5.67. The molecule has 0 aliphatic carbocycles. The fourth-order valence-corrected chi connectivity index (χ4v) is 4.00. The summed E-state index contributed by atoms with van der Waals surface area (Å²) in [5.74, 6) is 1.49. The summed E-state index contributed by atoms with van der Waals surface area (Å²) in [6.45, 7) is 6.67. The van der Waals surface area contributed by atoms with Crippen molar-refractivity contribution in [1.82, 2.24) is 8.96 Å². The quantitative estimate of drug-likeness (QED) is 0.616. The molecule has 0 amide bonds. The van der Waals surface area contributed by atoms with Crippen LogP contribution in [-0.2, 0) is 10.0 Å². The van der Waals surface area contributed by atoms with Crippen molar-refractivity contribution in [2.45, 2.75) is 25.7 Å². The Morgan fingerprint density at radius 1 is 0.963 bits per heavy atom. The highest BCUT2D eigenvalue weighted by molar-refractivity contribution is 7.90. The summed E-state index contributed by atoms with van der Waals surface area (Å²) in [4.78, 5) is 4.47. The second kappa shape index (κ2) is 7.84. The zero-order valence-corrected chi connectivity index (χ0v) is 16.4. The van der Waals surface area contributed by atoms with Crippen LogP contribution in [0.25, 0.3) is 11.4 Å². The normalized spacial score (nSPS) is 11.4. The second-order valence-corrected chi connectivity index (χ2v) is 7.71. The zero-order chi connectivity index (χ0) is 19.4. The minimum absolute atomic E-state index is 0.211. The van der Waals surface area contributed by atoms with Gasteiger partial charge in [-0.2, -0.15) is 0 Å². The third kappa shape index (κ3) is 3.83. The van der Waals surface area contributed by atoms with Gasteiger partial charge in [0.25, 0.3) is 10.0 Å². The van der Waals surface area contributed by atoms with E-state index in [-0.39, 0.29) is 4.90 Å². The van der Waals surface area contributed by atoms with Crippen molar-refractivity contribution in [3.05, 3.63) is 60.4 Å². The zero-order valence-electron chi connectivity index (χ0n) is 15.5. The first kappa shape index (κ1) is 19.0. The van der Waals surface area contributed by atoms with Gasteiger partial charge in [0.1, 0.15) is 0 Å². The van der Waals surface area contributed by atoms with Crippen LogP contribution in [0.3, 0.4) is 0 Å². The van der Waals surface area contributed by atoms with Crippen LogP contribution in [0.5, 0.6) is 11.5 Å². The average molecular weight is 386 g/mol. The SMILES string of the molecule is CCOc1ccc(-c2nccn2S(=O)(=O)c2ccc(C)cc2)cc1OCC. The van der Waals surface area contributed by atoms with Gasteiger partial charge in [0, 0.05) is 18.0 Å². The van der Waals surface area contributed by atoms with Crippen molar-refractivity contribution in [2.75, 3.05) is 13.2 Å². The van der Waals surface area contributed by atoms with Gasteiger partial charge in [0.15, 0.2) is 17.3 Å². The van der Waals surface area contributed by atoms with Crippen molar-refractivity contribution < 1.29 is 17.9 Å². The van der Waals surface area contributed by atoms with Gasteiger partial charge < -0.3 is 9.47 Å². The van der Waals surface area contributed by atoms with Crippen LogP contribution in [0.15, 0.2) is 59.8 Å². The van der Waals surface area contributed by atoms with Crippen molar-refractivity contribution in [3.63, 3.8) is 0 Å². The van der Waals surface area contributed by atoms with E-state index in [0.717, 1.165) is 5.56 Å². The lowest BCUT2D eigenvalue weighted by atomic mass is 10.2. The Kier molecular flexibility index (Phi) is 5.51. The van der Waals surface area contributed by atoms with Gasteiger partial charge in [-0.05, 0) is 51.1 Å². The number of aryl methyl sites for hydroxylation is 1. The maximum Gasteiger partial charge on any atom is 0.269 e. The first-order valence-corrected chi connectivity index (χ1v) is 10.2. The van der Waals surface area contributed by atoms with E-state index in [1.165, 1.54) is 16.4 Å². The Labute approximate surface area is 159 Å². The molecule has 0 atom stereocenters. The molecule has 0 unspecified atom stereocenters. The van der Waals surface area contributed by atoms with Crippen LogP contribution >= 0.6 is 0 Å². The summed E-state index contributed by atoms with van der Waals surface area (Å²) in [6, 6.07) is 12.0. The lowest BCUT2D eigenvalue weighted by Gasteiger charge is -2.13. The molecule has 6 nitrogen and oxygen atoms in total. The van der Waals surface area contributed by atoms with E-state index in [4.69, 9.17) is 9.47 Å². The summed E-state index contributed by atoms with van der Waals surface area (Å²) >= 11 is 0. The van der Waals surface area contributed by atoms with Gasteiger partial charge in [0.05, 0.1) is 18.1 Å². The molecule has 3 rings (SSSR count). The summed E-state index contributed by atoms with van der Waals surface area (Å²) in [5.41, 5.74) is 1.62. The number of aromatic nitrogens is 2. The van der Waals surface area contributed by atoms with E-state index in [1.54, 1.807) is 42.5 Å². The van der Waals surface area contributed by atoms with Crippen molar-refractivity contribution >= 4 is 10.0 Å². The standard InChI is InChI=1S/C20H22N2O4S/c1-4-25-18-11-8-16(14-19(18)26-5-2)20-21-12-13-22(20)27(23,24)17-9-6-15(3)7-10-17/h6-14H,4-5H2,1-3H3. The highest BCUT2D eigenvalue weighted by Crippen LogP contribution is 2.33. The minimum Gasteiger partial charge on any atom is -0.490 e. The minimum atomic E-state index is -3.75. The van der Waals surface area contributed by atoms with Crippen molar-refractivity contribution in [1.29, 1.82) is 0 Å².